The van der Waals surface area contributed by atoms with Crippen LogP contribution in [0.5, 0.6) is 0 Å². The van der Waals surface area contributed by atoms with Crippen molar-refractivity contribution in [3.05, 3.63) is 65.5 Å². The zero-order valence-electron chi connectivity index (χ0n) is 11.9. The highest BCUT2D eigenvalue weighted by molar-refractivity contribution is 5.24. The number of nitrogens with one attached hydrogen (secondary N) is 1. The molecule has 0 saturated carbocycles. The average Bonchev–Trinajstić information content (AvgIpc) is 2.51. The van der Waals surface area contributed by atoms with Crippen LogP contribution in [0.4, 0.5) is 0 Å². The van der Waals surface area contributed by atoms with E-state index in [1.807, 2.05) is 12.4 Å². The first-order valence-corrected chi connectivity index (χ1v) is 7.24. The standard InChI is InChI=1S/C17H21N3/c1-14-7-8-18-11-16(14)13-20-10-9-19-12-17(20)15-5-3-2-4-6-15/h2-8,11,17,19H,9-10,12-13H2,1H3. The van der Waals surface area contributed by atoms with Crippen LogP contribution in [0.3, 0.4) is 0 Å². The SMILES string of the molecule is Cc1ccncc1CN1CCNCC1c1ccccc1. The van der Waals surface area contributed by atoms with Crippen molar-refractivity contribution in [1.29, 1.82) is 0 Å². The first-order valence-electron chi connectivity index (χ1n) is 7.24. The van der Waals surface area contributed by atoms with Crippen molar-refractivity contribution in [1.82, 2.24) is 15.2 Å². The monoisotopic (exact) mass is 267 g/mol. The minimum atomic E-state index is 0.449. The molecule has 0 amide bonds. The van der Waals surface area contributed by atoms with Gasteiger partial charge >= 0.3 is 0 Å². The molecule has 3 nitrogen and oxygen atoms in total. The number of aromatic nitrogens is 1. The van der Waals surface area contributed by atoms with Gasteiger partial charge in [0.1, 0.15) is 0 Å². The third-order valence-corrected chi connectivity index (χ3v) is 4.06. The Balaban J connectivity index is 1.81. The fourth-order valence-electron chi connectivity index (χ4n) is 2.82. The van der Waals surface area contributed by atoms with Gasteiger partial charge in [0.25, 0.3) is 0 Å². The Morgan fingerprint density at radius 3 is 2.90 bits per heavy atom. The van der Waals surface area contributed by atoms with Gasteiger partial charge in [0.05, 0.1) is 0 Å². The largest absolute Gasteiger partial charge is 0.314 e. The van der Waals surface area contributed by atoms with E-state index in [2.05, 4.69) is 58.5 Å². The molecule has 0 aliphatic carbocycles. The molecule has 2 heterocycles. The lowest BCUT2D eigenvalue weighted by Gasteiger charge is -2.36. The maximum absolute atomic E-state index is 4.27. The van der Waals surface area contributed by atoms with Gasteiger partial charge in [0, 0.05) is 44.6 Å². The van der Waals surface area contributed by atoms with Gasteiger partial charge in [-0.1, -0.05) is 30.3 Å². The molecule has 104 valence electrons. The van der Waals surface area contributed by atoms with Crippen LogP contribution in [0.2, 0.25) is 0 Å². The molecule has 0 spiro atoms. The Bertz CT molecular complexity index is 553. The molecule has 0 radical (unpaired) electrons. The normalized spacial score (nSPS) is 19.9. The molecular formula is C17H21N3. The number of hydrogen-bond donors (Lipinski definition) is 1. The minimum absolute atomic E-state index is 0.449. The van der Waals surface area contributed by atoms with Crippen LogP contribution in [0.1, 0.15) is 22.7 Å². The third-order valence-electron chi connectivity index (χ3n) is 4.06. The first kappa shape index (κ1) is 13.3. The van der Waals surface area contributed by atoms with Crippen LogP contribution in [-0.2, 0) is 6.54 Å². The summed E-state index contributed by atoms with van der Waals surface area (Å²) >= 11 is 0. The van der Waals surface area contributed by atoms with Gasteiger partial charge in [-0.25, -0.2) is 0 Å². The summed E-state index contributed by atoms with van der Waals surface area (Å²) in [5.41, 5.74) is 4.04. The molecule has 1 unspecified atom stereocenters. The van der Waals surface area contributed by atoms with Crippen molar-refractivity contribution in [2.75, 3.05) is 19.6 Å². The van der Waals surface area contributed by atoms with E-state index in [9.17, 15) is 0 Å². The van der Waals surface area contributed by atoms with Crippen LogP contribution in [0, 0.1) is 6.92 Å². The lowest BCUT2D eigenvalue weighted by Crippen LogP contribution is -2.45. The molecule has 3 rings (SSSR count). The van der Waals surface area contributed by atoms with Crippen molar-refractivity contribution in [2.45, 2.75) is 19.5 Å². The van der Waals surface area contributed by atoms with Crippen LogP contribution < -0.4 is 5.32 Å². The zero-order chi connectivity index (χ0) is 13.8. The molecule has 1 aliphatic rings. The lowest BCUT2D eigenvalue weighted by atomic mass is 10.0. The Hall–Kier alpha value is -1.71. The molecule has 1 aliphatic heterocycles. The summed E-state index contributed by atoms with van der Waals surface area (Å²) in [5.74, 6) is 0. The molecule has 1 atom stereocenters. The van der Waals surface area contributed by atoms with E-state index in [0.29, 0.717) is 6.04 Å². The molecule has 1 fully saturated rings. The molecular weight excluding hydrogens is 246 g/mol. The van der Waals surface area contributed by atoms with Crippen molar-refractivity contribution < 1.29 is 0 Å². The second-order valence-electron chi connectivity index (χ2n) is 5.40. The van der Waals surface area contributed by atoms with Crippen molar-refractivity contribution in [3.8, 4) is 0 Å². The summed E-state index contributed by atoms with van der Waals surface area (Å²) in [5, 5.41) is 3.51. The fraction of sp³-hybridized carbons (Fsp3) is 0.353. The zero-order valence-corrected chi connectivity index (χ0v) is 11.9. The van der Waals surface area contributed by atoms with Gasteiger partial charge in [-0.2, -0.15) is 0 Å². The molecule has 1 aromatic heterocycles. The third kappa shape index (κ3) is 2.89. The van der Waals surface area contributed by atoms with E-state index in [-0.39, 0.29) is 0 Å². The maximum Gasteiger partial charge on any atom is 0.0476 e. The average molecular weight is 267 g/mol. The Morgan fingerprint density at radius 1 is 1.25 bits per heavy atom. The summed E-state index contributed by atoms with van der Waals surface area (Å²) in [6.07, 6.45) is 3.87. The topological polar surface area (TPSA) is 28.2 Å². The van der Waals surface area contributed by atoms with Crippen molar-refractivity contribution in [2.24, 2.45) is 0 Å². The number of aryl methyl sites for hydroxylation is 1. The smallest absolute Gasteiger partial charge is 0.0476 e. The van der Waals surface area contributed by atoms with Crippen molar-refractivity contribution in [3.63, 3.8) is 0 Å². The Kier molecular flexibility index (Phi) is 4.09. The summed E-state index contributed by atoms with van der Waals surface area (Å²) in [6, 6.07) is 13.3. The number of pyridine rings is 1. The Morgan fingerprint density at radius 2 is 2.10 bits per heavy atom. The number of nitrogens with zero attached hydrogens (tertiary/aromatic N) is 2. The Labute approximate surface area is 120 Å². The lowest BCUT2D eigenvalue weighted by molar-refractivity contribution is 0.153. The highest BCUT2D eigenvalue weighted by Gasteiger charge is 2.23. The van der Waals surface area contributed by atoms with Crippen LogP contribution in [-0.4, -0.2) is 29.5 Å². The second-order valence-corrected chi connectivity index (χ2v) is 5.40. The highest BCUT2D eigenvalue weighted by Crippen LogP contribution is 2.24. The summed E-state index contributed by atoms with van der Waals surface area (Å²) in [7, 11) is 0. The predicted octanol–water partition coefficient (Wildman–Crippen LogP) is 2.54. The van der Waals surface area contributed by atoms with Gasteiger partial charge in [0.2, 0.25) is 0 Å². The quantitative estimate of drug-likeness (QED) is 0.926. The number of rotatable bonds is 3. The molecule has 1 aromatic carbocycles. The summed E-state index contributed by atoms with van der Waals surface area (Å²) < 4.78 is 0. The predicted molar refractivity (Wildman–Crippen MR) is 81.4 cm³/mol. The molecule has 20 heavy (non-hydrogen) atoms. The number of hydrogen-bond acceptors (Lipinski definition) is 3. The number of piperazine rings is 1. The van der Waals surface area contributed by atoms with Crippen molar-refractivity contribution >= 4 is 0 Å². The highest BCUT2D eigenvalue weighted by atomic mass is 15.2. The second kappa shape index (κ2) is 6.16. The van der Waals surface area contributed by atoms with Gasteiger partial charge in [0.15, 0.2) is 0 Å². The first-order chi connectivity index (χ1) is 9.84. The fourth-order valence-corrected chi connectivity index (χ4v) is 2.82. The van der Waals surface area contributed by atoms with Gasteiger partial charge in [-0.15, -0.1) is 0 Å². The van der Waals surface area contributed by atoms with E-state index in [4.69, 9.17) is 0 Å². The van der Waals surface area contributed by atoms with Crippen LogP contribution in [0.25, 0.3) is 0 Å². The van der Waals surface area contributed by atoms with E-state index >= 15 is 0 Å². The van der Waals surface area contributed by atoms with Crippen LogP contribution in [0.15, 0.2) is 48.8 Å². The van der Waals surface area contributed by atoms with E-state index in [1.54, 1.807) is 0 Å². The van der Waals surface area contributed by atoms with Gasteiger partial charge in [-0.05, 0) is 29.7 Å². The molecule has 2 aromatic rings. The maximum atomic E-state index is 4.27. The van der Waals surface area contributed by atoms with E-state index < -0.39 is 0 Å². The molecule has 0 bridgehead atoms. The number of benzene rings is 1. The molecule has 1 N–H and O–H groups in total. The summed E-state index contributed by atoms with van der Waals surface area (Å²) in [4.78, 5) is 6.82. The molecule has 1 saturated heterocycles. The van der Waals surface area contributed by atoms with E-state index in [0.717, 1.165) is 26.2 Å². The van der Waals surface area contributed by atoms with Gasteiger partial charge < -0.3 is 5.32 Å². The molecule has 3 heteroatoms. The van der Waals surface area contributed by atoms with Gasteiger partial charge in [-0.3, -0.25) is 9.88 Å². The van der Waals surface area contributed by atoms with Crippen LogP contribution >= 0.6 is 0 Å². The summed E-state index contributed by atoms with van der Waals surface area (Å²) in [6.45, 7) is 6.29. The minimum Gasteiger partial charge on any atom is -0.314 e. The van der Waals surface area contributed by atoms with E-state index in [1.165, 1.54) is 16.7 Å².